The van der Waals surface area contributed by atoms with Crippen molar-refractivity contribution < 1.29 is 5.11 Å². The average Bonchev–Trinajstić information content (AvgIpc) is 2.25. The summed E-state index contributed by atoms with van der Waals surface area (Å²) in [5, 5.41) is 13.5. The molecule has 0 saturated carbocycles. The van der Waals surface area contributed by atoms with Gasteiger partial charge in [0.15, 0.2) is 0 Å². The molecule has 0 aliphatic carbocycles. The average molecular weight is 224 g/mol. The summed E-state index contributed by atoms with van der Waals surface area (Å²) in [6, 6.07) is 7.18. The van der Waals surface area contributed by atoms with E-state index in [0.29, 0.717) is 18.1 Å². The van der Waals surface area contributed by atoms with Crippen LogP contribution >= 0.6 is 11.6 Å². The number of hydrogen-bond donors (Lipinski definition) is 2. The van der Waals surface area contributed by atoms with Crippen molar-refractivity contribution in [2.75, 3.05) is 13.1 Å². The third-order valence-corrected chi connectivity index (χ3v) is 2.23. The normalized spacial score (nSPS) is 11.7. The van der Waals surface area contributed by atoms with E-state index in [1.807, 2.05) is 12.1 Å². The van der Waals surface area contributed by atoms with Crippen LogP contribution < -0.4 is 5.32 Å². The van der Waals surface area contributed by atoms with Gasteiger partial charge in [-0.05, 0) is 24.6 Å². The van der Waals surface area contributed by atoms with Crippen LogP contribution in [0.15, 0.2) is 24.3 Å². The van der Waals surface area contributed by atoms with E-state index in [1.54, 1.807) is 19.1 Å². The lowest BCUT2D eigenvalue weighted by molar-refractivity contribution is 0.176. The Labute approximate surface area is 95.3 Å². The quantitative estimate of drug-likeness (QED) is 0.605. The Balaban J connectivity index is 2.41. The molecular weight excluding hydrogens is 210 g/mol. The zero-order chi connectivity index (χ0) is 11.1. The van der Waals surface area contributed by atoms with E-state index < -0.39 is 6.10 Å². The number of aliphatic hydroxyl groups is 1. The van der Waals surface area contributed by atoms with E-state index in [-0.39, 0.29) is 0 Å². The van der Waals surface area contributed by atoms with Crippen LogP contribution in [-0.4, -0.2) is 18.2 Å². The van der Waals surface area contributed by atoms with E-state index in [4.69, 9.17) is 11.6 Å². The fourth-order valence-electron chi connectivity index (χ4n) is 1.16. The second-order valence-electron chi connectivity index (χ2n) is 3.13. The Bertz CT molecular complexity index is 350. The van der Waals surface area contributed by atoms with Crippen molar-refractivity contribution in [1.82, 2.24) is 5.32 Å². The molecule has 0 aliphatic heterocycles. The number of benzene rings is 1. The lowest BCUT2D eigenvalue weighted by Crippen LogP contribution is -2.21. The summed E-state index contributed by atoms with van der Waals surface area (Å²) >= 11 is 5.75. The molecule has 0 aliphatic rings. The third kappa shape index (κ3) is 4.35. The van der Waals surface area contributed by atoms with Gasteiger partial charge in [-0.1, -0.05) is 29.7 Å². The molecule has 0 bridgehead atoms. The van der Waals surface area contributed by atoms with Gasteiger partial charge < -0.3 is 10.4 Å². The van der Waals surface area contributed by atoms with E-state index in [0.717, 1.165) is 5.56 Å². The largest absolute Gasteiger partial charge is 0.387 e. The van der Waals surface area contributed by atoms with Crippen LogP contribution in [0.3, 0.4) is 0 Å². The number of nitrogens with one attached hydrogen (secondary N) is 1. The van der Waals surface area contributed by atoms with Gasteiger partial charge in [0.25, 0.3) is 0 Å². The summed E-state index contributed by atoms with van der Waals surface area (Å²) in [5.74, 6) is 5.65. The molecule has 0 spiro atoms. The van der Waals surface area contributed by atoms with Crippen LogP contribution in [0.2, 0.25) is 5.02 Å². The first-order valence-corrected chi connectivity index (χ1v) is 5.15. The van der Waals surface area contributed by atoms with E-state index in [1.165, 1.54) is 0 Å². The van der Waals surface area contributed by atoms with Gasteiger partial charge in [-0.3, -0.25) is 0 Å². The maximum atomic E-state index is 9.76. The smallest absolute Gasteiger partial charge is 0.0914 e. The van der Waals surface area contributed by atoms with Gasteiger partial charge in [0.2, 0.25) is 0 Å². The minimum absolute atomic E-state index is 0.496. The molecule has 1 rings (SSSR count). The van der Waals surface area contributed by atoms with Crippen molar-refractivity contribution in [2.24, 2.45) is 0 Å². The van der Waals surface area contributed by atoms with Crippen molar-refractivity contribution in [3.63, 3.8) is 0 Å². The maximum Gasteiger partial charge on any atom is 0.0914 e. The van der Waals surface area contributed by atoms with Crippen LogP contribution in [0.25, 0.3) is 0 Å². The molecule has 1 atom stereocenters. The lowest BCUT2D eigenvalue weighted by Gasteiger charge is -2.10. The van der Waals surface area contributed by atoms with Crippen molar-refractivity contribution in [2.45, 2.75) is 13.0 Å². The zero-order valence-electron chi connectivity index (χ0n) is 8.63. The number of rotatable bonds is 4. The first kappa shape index (κ1) is 12.1. The zero-order valence-corrected chi connectivity index (χ0v) is 9.38. The molecule has 0 radical (unpaired) electrons. The summed E-state index contributed by atoms with van der Waals surface area (Å²) < 4.78 is 0. The molecular formula is C12H14ClNO. The summed E-state index contributed by atoms with van der Waals surface area (Å²) in [5.41, 5.74) is 0.858. The molecule has 2 nitrogen and oxygen atoms in total. The Morgan fingerprint density at radius 2 is 2.07 bits per heavy atom. The van der Waals surface area contributed by atoms with Crippen LogP contribution in [0.1, 0.15) is 18.6 Å². The Morgan fingerprint density at radius 1 is 1.40 bits per heavy atom. The highest BCUT2D eigenvalue weighted by molar-refractivity contribution is 6.30. The fraction of sp³-hybridized carbons (Fsp3) is 0.333. The molecule has 1 aromatic carbocycles. The van der Waals surface area contributed by atoms with Gasteiger partial charge in [0.1, 0.15) is 0 Å². The monoisotopic (exact) mass is 223 g/mol. The van der Waals surface area contributed by atoms with Gasteiger partial charge in [-0.15, -0.1) is 5.92 Å². The van der Waals surface area contributed by atoms with E-state index >= 15 is 0 Å². The molecule has 3 heteroatoms. The molecule has 15 heavy (non-hydrogen) atoms. The summed E-state index contributed by atoms with van der Waals surface area (Å²) in [4.78, 5) is 0. The van der Waals surface area contributed by atoms with Crippen molar-refractivity contribution >= 4 is 11.6 Å². The van der Waals surface area contributed by atoms with Crippen LogP contribution in [-0.2, 0) is 0 Å². The van der Waals surface area contributed by atoms with Crippen LogP contribution in [0.4, 0.5) is 0 Å². The standard InChI is InChI=1S/C12H14ClNO/c1-2-3-8-14-9-12(15)10-4-6-11(13)7-5-10/h4-7,12,14-15H,8-9H2,1H3. The Kier molecular flexibility index (Phi) is 5.20. The Morgan fingerprint density at radius 3 is 2.67 bits per heavy atom. The fourth-order valence-corrected chi connectivity index (χ4v) is 1.29. The number of aliphatic hydroxyl groups excluding tert-OH is 1. The second-order valence-corrected chi connectivity index (χ2v) is 3.56. The molecule has 80 valence electrons. The first-order chi connectivity index (χ1) is 7.24. The highest BCUT2D eigenvalue weighted by Crippen LogP contribution is 2.15. The SMILES string of the molecule is CC#CCNCC(O)c1ccc(Cl)cc1. The van der Waals surface area contributed by atoms with Gasteiger partial charge >= 0.3 is 0 Å². The summed E-state index contributed by atoms with van der Waals surface area (Å²) in [6.45, 7) is 2.88. The third-order valence-electron chi connectivity index (χ3n) is 1.98. The summed E-state index contributed by atoms with van der Waals surface area (Å²) in [7, 11) is 0. The summed E-state index contributed by atoms with van der Waals surface area (Å²) in [6.07, 6.45) is -0.513. The number of hydrogen-bond acceptors (Lipinski definition) is 2. The minimum atomic E-state index is -0.513. The highest BCUT2D eigenvalue weighted by Gasteiger charge is 2.05. The molecule has 0 saturated heterocycles. The first-order valence-electron chi connectivity index (χ1n) is 4.78. The van der Waals surface area contributed by atoms with Crippen molar-refractivity contribution in [1.29, 1.82) is 0 Å². The molecule has 0 fully saturated rings. The van der Waals surface area contributed by atoms with Crippen molar-refractivity contribution in [3.8, 4) is 11.8 Å². The predicted molar refractivity (Wildman–Crippen MR) is 62.7 cm³/mol. The molecule has 1 aromatic rings. The van der Waals surface area contributed by atoms with Crippen LogP contribution in [0.5, 0.6) is 0 Å². The molecule has 0 aromatic heterocycles. The number of halogens is 1. The van der Waals surface area contributed by atoms with Gasteiger partial charge in [0, 0.05) is 11.6 Å². The van der Waals surface area contributed by atoms with Gasteiger partial charge in [-0.2, -0.15) is 0 Å². The maximum absolute atomic E-state index is 9.76. The molecule has 1 unspecified atom stereocenters. The second kappa shape index (κ2) is 6.47. The Hall–Kier alpha value is -1.01. The van der Waals surface area contributed by atoms with Gasteiger partial charge in [-0.25, -0.2) is 0 Å². The molecule has 2 N–H and O–H groups in total. The predicted octanol–water partition coefficient (Wildman–Crippen LogP) is 1.99. The van der Waals surface area contributed by atoms with Crippen LogP contribution in [0, 0.1) is 11.8 Å². The topological polar surface area (TPSA) is 32.3 Å². The van der Waals surface area contributed by atoms with Crippen molar-refractivity contribution in [3.05, 3.63) is 34.9 Å². The highest BCUT2D eigenvalue weighted by atomic mass is 35.5. The molecule has 0 amide bonds. The minimum Gasteiger partial charge on any atom is -0.387 e. The molecule has 0 heterocycles. The van der Waals surface area contributed by atoms with E-state index in [9.17, 15) is 5.11 Å². The van der Waals surface area contributed by atoms with E-state index in [2.05, 4.69) is 17.2 Å². The van der Waals surface area contributed by atoms with Gasteiger partial charge in [0.05, 0.1) is 12.6 Å². The lowest BCUT2D eigenvalue weighted by atomic mass is 10.1.